The predicted octanol–water partition coefficient (Wildman–Crippen LogP) is 2.58. The summed E-state index contributed by atoms with van der Waals surface area (Å²) < 4.78 is 0. The van der Waals surface area contributed by atoms with E-state index in [2.05, 4.69) is 0 Å². The van der Waals surface area contributed by atoms with Gasteiger partial charge in [0.1, 0.15) is 0 Å². The fourth-order valence-electron chi connectivity index (χ4n) is 3.41. The minimum Gasteiger partial charge on any atom is -0.394 e. The van der Waals surface area contributed by atoms with Crippen LogP contribution in [-0.2, 0) is 11.2 Å². The van der Waals surface area contributed by atoms with Crippen molar-refractivity contribution in [1.82, 2.24) is 9.80 Å². The second kappa shape index (κ2) is 8.35. The number of likely N-dealkylation sites (tertiary alicyclic amines) is 1. The Labute approximate surface area is 160 Å². The monoisotopic (exact) mass is 366 g/mol. The first-order chi connectivity index (χ1) is 13.0. The highest BCUT2D eigenvalue weighted by Gasteiger charge is 2.28. The molecule has 0 aromatic heterocycles. The fourth-order valence-corrected chi connectivity index (χ4v) is 3.41. The molecule has 1 heterocycles. The molecule has 0 aliphatic carbocycles. The maximum absolute atomic E-state index is 12.6. The summed E-state index contributed by atoms with van der Waals surface area (Å²) in [5.74, 6) is 0.0596. The minimum atomic E-state index is -0.0606. The van der Waals surface area contributed by atoms with Crippen molar-refractivity contribution < 1.29 is 14.7 Å². The van der Waals surface area contributed by atoms with Crippen LogP contribution in [0.25, 0.3) is 11.1 Å². The maximum atomic E-state index is 12.6. The molecule has 1 aliphatic rings. The normalized spacial score (nSPS) is 16.4. The number of hydrogen-bond acceptors (Lipinski definition) is 3. The van der Waals surface area contributed by atoms with Crippen molar-refractivity contribution >= 4 is 11.8 Å². The molecule has 2 amide bonds. The summed E-state index contributed by atoms with van der Waals surface area (Å²) in [6.07, 6.45) is 2.20. The molecule has 1 unspecified atom stereocenters. The highest BCUT2D eigenvalue weighted by atomic mass is 16.3. The van der Waals surface area contributed by atoms with Crippen LogP contribution in [0.1, 0.15) is 28.8 Å². The smallest absolute Gasteiger partial charge is 0.254 e. The maximum Gasteiger partial charge on any atom is 0.254 e. The summed E-state index contributed by atoms with van der Waals surface area (Å²) in [7, 11) is 3.51. The van der Waals surface area contributed by atoms with Gasteiger partial charge in [0.05, 0.1) is 19.1 Å². The Balaban J connectivity index is 1.70. The summed E-state index contributed by atoms with van der Waals surface area (Å²) in [5.41, 5.74) is 3.70. The summed E-state index contributed by atoms with van der Waals surface area (Å²) in [4.78, 5) is 27.8. The first kappa shape index (κ1) is 19.1. The predicted molar refractivity (Wildman–Crippen MR) is 105 cm³/mol. The lowest BCUT2D eigenvalue weighted by Gasteiger charge is -2.23. The van der Waals surface area contributed by atoms with E-state index in [0.29, 0.717) is 18.5 Å². The van der Waals surface area contributed by atoms with Gasteiger partial charge in [-0.2, -0.15) is 0 Å². The Morgan fingerprint density at radius 1 is 1.04 bits per heavy atom. The molecule has 0 spiro atoms. The fraction of sp³-hybridized carbons (Fsp3) is 0.364. The van der Waals surface area contributed by atoms with Gasteiger partial charge in [0.2, 0.25) is 5.91 Å². The lowest BCUT2D eigenvalue weighted by atomic mass is 10.0. The van der Waals surface area contributed by atoms with Crippen LogP contribution in [0.15, 0.2) is 48.5 Å². The first-order valence-electron chi connectivity index (χ1n) is 9.31. The van der Waals surface area contributed by atoms with Gasteiger partial charge in [0.15, 0.2) is 0 Å². The van der Waals surface area contributed by atoms with Crippen molar-refractivity contribution in [1.29, 1.82) is 0 Å². The summed E-state index contributed by atoms with van der Waals surface area (Å²) in [6.45, 7) is 0.728. The van der Waals surface area contributed by atoms with Crippen LogP contribution in [0.4, 0.5) is 0 Å². The van der Waals surface area contributed by atoms with Gasteiger partial charge in [-0.05, 0) is 41.7 Å². The molecular weight excluding hydrogens is 340 g/mol. The summed E-state index contributed by atoms with van der Waals surface area (Å²) >= 11 is 0. The molecule has 1 aliphatic heterocycles. The van der Waals surface area contributed by atoms with Crippen LogP contribution >= 0.6 is 0 Å². The molecule has 0 bridgehead atoms. The van der Waals surface area contributed by atoms with E-state index in [1.807, 2.05) is 48.5 Å². The van der Waals surface area contributed by atoms with Crippen LogP contribution < -0.4 is 0 Å². The van der Waals surface area contributed by atoms with Crippen LogP contribution in [0.3, 0.4) is 0 Å². The van der Waals surface area contributed by atoms with Crippen molar-refractivity contribution in [3.8, 4) is 11.1 Å². The van der Waals surface area contributed by atoms with E-state index in [9.17, 15) is 14.7 Å². The zero-order valence-electron chi connectivity index (χ0n) is 15.9. The van der Waals surface area contributed by atoms with Gasteiger partial charge in [0, 0.05) is 26.2 Å². The standard InChI is InChI=1S/C22H26N2O3/c1-23(2)21(26)14-16-5-7-17(8-6-16)18-9-11-19(12-10-18)22(27)24-13-3-4-20(24)15-25/h5-12,20,25H,3-4,13-15H2,1-2H3. The van der Waals surface area contributed by atoms with Gasteiger partial charge in [-0.3, -0.25) is 9.59 Å². The molecule has 0 saturated carbocycles. The highest BCUT2D eigenvalue weighted by Crippen LogP contribution is 2.23. The molecule has 1 fully saturated rings. The van der Waals surface area contributed by atoms with E-state index in [1.165, 1.54) is 0 Å². The number of rotatable bonds is 5. The minimum absolute atomic E-state index is 0.0179. The first-order valence-corrected chi connectivity index (χ1v) is 9.31. The third kappa shape index (κ3) is 4.37. The van der Waals surface area contributed by atoms with Crippen LogP contribution in [0.5, 0.6) is 0 Å². The van der Waals surface area contributed by atoms with E-state index in [4.69, 9.17) is 0 Å². The average molecular weight is 366 g/mol. The highest BCUT2D eigenvalue weighted by molar-refractivity contribution is 5.95. The van der Waals surface area contributed by atoms with E-state index in [1.54, 1.807) is 23.9 Å². The molecule has 1 N–H and O–H groups in total. The molecule has 142 valence electrons. The van der Waals surface area contributed by atoms with Crippen LogP contribution in [0, 0.1) is 0 Å². The molecule has 5 nitrogen and oxygen atoms in total. The van der Waals surface area contributed by atoms with E-state index < -0.39 is 0 Å². The van der Waals surface area contributed by atoms with Crippen molar-refractivity contribution in [3.05, 3.63) is 59.7 Å². The van der Waals surface area contributed by atoms with E-state index in [0.717, 1.165) is 29.5 Å². The molecule has 5 heteroatoms. The number of amides is 2. The van der Waals surface area contributed by atoms with Gasteiger partial charge in [0.25, 0.3) is 5.91 Å². The van der Waals surface area contributed by atoms with Gasteiger partial charge in [-0.1, -0.05) is 36.4 Å². The number of likely N-dealkylation sites (N-methyl/N-ethyl adjacent to an activating group) is 1. The van der Waals surface area contributed by atoms with Crippen LogP contribution in [0.2, 0.25) is 0 Å². The number of carbonyl (C=O) groups is 2. The van der Waals surface area contributed by atoms with Crippen LogP contribution in [-0.4, -0.2) is 60.0 Å². The van der Waals surface area contributed by atoms with Gasteiger partial charge in [-0.15, -0.1) is 0 Å². The van der Waals surface area contributed by atoms with E-state index >= 15 is 0 Å². The van der Waals surface area contributed by atoms with E-state index in [-0.39, 0.29) is 24.5 Å². The largest absolute Gasteiger partial charge is 0.394 e. The zero-order chi connectivity index (χ0) is 19.4. The number of benzene rings is 2. The molecular formula is C22H26N2O3. The molecule has 0 radical (unpaired) electrons. The number of aliphatic hydroxyl groups excluding tert-OH is 1. The van der Waals surface area contributed by atoms with Gasteiger partial charge >= 0.3 is 0 Å². The summed E-state index contributed by atoms with van der Waals surface area (Å²) in [6, 6.07) is 15.4. The van der Waals surface area contributed by atoms with Crippen molar-refractivity contribution in [3.63, 3.8) is 0 Å². The summed E-state index contributed by atoms with van der Waals surface area (Å²) in [5, 5.41) is 9.41. The lowest BCUT2D eigenvalue weighted by Crippen LogP contribution is -2.37. The van der Waals surface area contributed by atoms with Gasteiger partial charge in [-0.25, -0.2) is 0 Å². The number of nitrogens with zero attached hydrogens (tertiary/aromatic N) is 2. The SMILES string of the molecule is CN(C)C(=O)Cc1ccc(-c2ccc(C(=O)N3CCCC3CO)cc2)cc1. The van der Waals surface area contributed by atoms with Crippen molar-refractivity contribution in [2.75, 3.05) is 27.2 Å². The number of aliphatic hydroxyl groups is 1. The Kier molecular flexibility index (Phi) is 5.91. The Morgan fingerprint density at radius 3 is 2.19 bits per heavy atom. The number of hydrogen-bond donors (Lipinski definition) is 1. The molecule has 1 atom stereocenters. The van der Waals surface area contributed by atoms with Crippen molar-refractivity contribution in [2.45, 2.75) is 25.3 Å². The lowest BCUT2D eigenvalue weighted by molar-refractivity contribution is -0.127. The Morgan fingerprint density at radius 2 is 1.63 bits per heavy atom. The zero-order valence-corrected chi connectivity index (χ0v) is 15.9. The second-order valence-corrected chi connectivity index (χ2v) is 7.22. The molecule has 2 aromatic carbocycles. The molecule has 27 heavy (non-hydrogen) atoms. The quantitative estimate of drug-likeness (QED) is 0.885. The molecule has 1 saturated heterocycles. The Hall–Kier alpha value is -2.66. The third-order valence-corrected chi connectivity index (χ3v) is 5.12. The molecule has 2 aromatic rings. The number of carbonyl (C=O) groups excluding carboxylic acids is 2. The second-order valence-electron chi connectivity index (χ2n) is 7.22. The Bertz CT molecular complexity index is 797. The molecule has 3 rings (SSSR count). The van der Waals surface area contributed by atoms with Gasteiger partial charge < -0.3 is 14.9 Å². The third-order valence-electron chi connectivity index (χ3n) is 5.12. The van der Waals surface area contributed by atoms with Crippen molar-refractivity contribution in [2.24, 2.45) is 0 Å². The average Bonchev–Trinajstić information content (AvgIpc) is 3.17. The topological polar surface area (TPSA) is 60.9 Å².